The van der Waals surface area contributed by atoms with E-state index >= 15 is 0 Å². The standard InChI is InChI=1S/C30H39N5S/c1-21-10-13-24(14-11-21)30(4)18-22(2)19-35(20-30)16-7-17-36-29-33-32-28(34(29)5)26-8-6-9-27-25(26)15-12-23(3)31-27/h6,8-15,22,29,33H,7,16-20H2,1-5H3/t22-,29?,30-/m1/s1. The van der Waals surface area contributed by atoms with Gasteiger partial charge < -0.3 is 9.80 Å². The Labute approximate surface area is 220 Å². The van der Waals surface area contributed by atoms with Crippen molar-refractivity contribution in [2.24, 2.45) is 11.0 Å². The molecule has 1 saturated heterocycles. The maximum atomic E-state index is 4.71. The lowest BCUT2D eigenvalue weighted by Gasteiger charge is -2.44. The first kappa shape index (κ1) is 25.1. The minimum Gasteiger partial charge on any atom is -0.328 e. The molecule has 0 amide bonds. The molecule has 2 aromatic carbocycles. The summed E-state index contributed by atoms with van der Waals surface area (Å²) in [5.41, 5.74) is 9.77. The van der Waals surface area contributed by atoms with E-state index in [1.54, 1.807) is 0 Å². The molecule has 0 saturated carbocycles. The van der Waals surface area contributed by atoms with E-state index in [-0.39, 0.29) is 10.9 Å². The zero-order valence-corrected chi connectivity index (χ0v) is 23.1. The van der Waals surface area contributed by atoms with Gasteiger partial charge >= 0.3 is 0 Å². The van der Waals surface area contributed by atoms with E-state index in [0.29, 0.717) is 0 Å². The molecule has 3 atom stereocenters. The minimum atomic E-state index is 0.159. The van der Waals surface area contributed by atoms with Crippen LogP contribution >= 0.6 is 11.8 Å². The number of thioether (sulfide) groups is 1. The van der Waals surface area contributed by atoms with Crippen LogP contribution in [0.15, 0.2) is 59.7 Å². The fourth-order valence-electron chi connectivity index (χ4n) is 5.96. The number of benzene rings is 2. The molecule has 2 aliphatic heterocycles. The van der Waals surface area contributed by atoms with E-state index in [1.807, 2.05) is 18.7 Å². The number of hydrazone groups is 1. The molecule has 1 unspecified atom stereocenters. The Balaban J connectivity index is 1.15. The summed E-state index contributed by atoms with van der Waals surface area (Å²) < 4.78 is 0. The van der Waals surface area contributed by atoms with Crippen LogP contribution in [-0.4, -0.2) is 58.6 Å². The number of nitrogens with one attached hydrogen (secondary N) is 1. The van der Waals surface area contributed by atoms with Crippen LogP contribution in [0.5, 0.6) is 0 Å². The van der Waals surface area contributed by atoms with Gasteiger partial charge in [-0.25, -0.2) is 0 Å². The first-order valence-corrected chi connectivity index (χ1v) is 14.2. The second-order valence-electron chi connectivity index (χ2n) is 11.0. The number of amidine groups is 1. The molecule has 3 heterocycles. The Morgan fingerprint density at radius 1 is 1.08 bits per heavy atom. The predicted molar refractivity (Wildman–Crippen MR) is 154 cm³/mol. The number of piperidine rings is 1. The average Bonchev–Trinajstić information content (AvgIpc) is 3.21. The highest BCUT2D eigenvalue weighted by molar-refractivity contribution is 7.99. The molecule has 1 N–H and O–H groups in total. The second kappa shape index (κ2) is 10.4. The van der Waals surface area contributed by atoms with E-state index in [4.69, 9.17) is 10.1 Å². The summed E-state index contributed by atoms with van der Waals surface area (Å²) in [6, 6.07) is 19.7. The second-order valence-corrected chi connectivity index (χ2v) is 12.2. The largest absolute Gasteiger partial charge is 0.328 e. The minimum absolute atomic E-state index is 0.159. The molecule has 36 heavy (non-hydrogen) atoms. The van der Waals surface area contributed by atoms with Crippen molar-refractivity contribution in [3.63, 3.8) is 0 Å². The summed E-state index contributed by atoms with van der Waals surface area (Å²) in [6.07, 6.45) is 2.45. The highest BCUT2D eigenvalue weighted by Crippen LogP contribution is 2.36. The first-order chi connectivity index (χ1) is 17.3. The zero-order chi connectivity index (χ0) is 25.3. The summed E-state index contributed by atoms with van der Waals surface area (Å²) in [6.45, 7) is 12.6. The molecule has 190 valence electrons. The number of fused-ring (bicyclic) bond motifs is 1. The van der Waals surface area contributed by atoms with Gasteiger partial charge in [-0.1, -0.05) is 61.9 Å². The van der Waals surface area contributed by atoms with E-state index in [1.165, 1.54) is 30.5 Å². The summed E-state index contributed by atoms with van der Waals surface area (Å²) >= 11 is 1.94. The summed E-state index contributed by atoms with van der Waals surface area (Å²) in [4.78, 5) is 9.64. The van der Waals surface area contributed by atoms with Crippen molar-refractivity contribution >= 4 is 28.5 Å². The third kappa shape index (κ3) is 5.25. The number of nitrogens with zero attached hydrogens (tertiary/aromatic N) is 4. The average molecular weight is 502 g/mol. The van der Waals surface area contributed by atoms with Gasteiger partial charge in [0.2, 0.25) is 0 Å². The van der Waals surface area contributed by atoms with Crippen molar-refractivity contribution in [3.05, 3.63) is 77.0 Å². The molecule has 5 rings (SSSR count). The smallest absolute Gasteiger partial charge is 0.164 e. The van der Waals surface area contributed by atoms with Crippen molar-refractivity contribution in [1.82, 2.24) is 20.2 Å². The number of hydrogen-bond acceptors (Lipinski definition) is 6. The zero-order valence-electron chi connectivity index (χ0n) is 22.3. The van der Waals surface area contributed by atoms with Gasteiger partial charge in [-0.2, -0.15) is 5.10 Å². The number of hydrogen-bond donors (Lipinski definition) is 1. The Kier molecular flexibility index (Phi) is 7.27. The molecular formula is C30H39N5S. The van der Waals surface area contributed by atoms with Crippen LogP contribution in [0.25, 0.3) is 10.9 Å². The first-order valence-electron chi connectivity index (χ1n) is 13.2. The molecule has 1 fully saturated rings. The molecule has 3 aromatic rings. The SMILES string of the molecule is Cc1ccc([C@]2(C)C[C@@H](C)CN(CCCSC3NN=C(c4cccc5nc(C)ccc45)N3C)C2)cc1. The van der Waals surface area contributed by atoms with Gasteiger partial charge in [-0.3, -0.25) is 10.4 Å². The van der Waals surface area contributed by atoms with E-state index in [9.17, 15) is 0 Å². The van der Waals surface area contributed by atoms with Crippen LogP contribution in [-0.2, 0) is 5.41 Å². The van der Waals surface area contributed by atoms with Gasteiger partial charge in [-0.15, -0.1) is 11.8 Å². The molecule has 1 aromatic heterocycles. The molecule has 0 radical (unpaired) electrons. The van der Waals surface area contributed by atoms with Gasteiger partial charge in [0, 0.05) is 42.2 Å². The van der Waals surface area contributed by atoms with E-state index in [0.717, 1.165) is 52.8 Å². The molecule has 0 spiro atoms. The van der Waals surface area contributed by atoms with Gasteiger partial charge in [0.15, 0.2) is 11.3 Å². The highest BCUT2D eigenvalue weighted by Gasteiger charge is 2.35. The Bertz CT molecular complexity index is 1240. The topological polar surface area (TPSA) is 43.8 Å². The maximum Gasteiger partial charge on any atom is 0.164 e. The van der Waals surface area contributed by atoms with Crippen molar-refractivity contribution in [1.29, 1.82) is 0 Å². The van der Waals surface area contributed by atoms with E-state index < -0.39 is 0 Å². The van der Waals surface area contributed by atoms with Crippen LogP contribution in [0.3, 0.4) is 0 Å². The quantitative estimate of drug-likeness (QED) is 0.417. The number of aryl methyl sites for hydroxylation is 2. The molecule has 6 heteroatoms. The Morgan fingerprint density at radius 3 is 2.69 bits per heavy atom. The third-order valence-electron chi connectivity index (χ3n) is 7.66. The lowest BCUT2D eigenvalue weighted by Crippen LogP contribution is -2.48. The van der Waals surface area contributed by atoms with Crippen molar-refractivity contribution in [2.45, 2.75) is 51.4 Å². The van der Waals surface area contributed by atoms with Gasteiger partial charge in [0.25, 0.3) is 0 Å². The predicted octanol–water partition coefficient (Wildman–Crippen LogP) is 5.75. The fraction of sp³-hybridized carbons (Fsp3) is 0.467. The monoisotopic (exact) mass is 501 g/mol. The summed E-state index contributed by atoms with van der Waals surface area (Å²) in [7, 11) is 2.14. The number of aromatic nitrogens is 1. The van der Waals surface area contributed by atoms with Crippen LogP contribution in [0, 0.1) is 19.8 Å². The van der Waals surface area contributed by atoms with Crippen molar-refractivity contribution < 1.29 is 0 Å². The van der Waals surface area contributed by atoms with Crippen LogP contribution in [0.1, 0.15) is 49.1 Å². The van der Waals surface area contributed by atoms with Gasteiger partial charge in [0.05, 0.1) is 5.52 Å². The van der Waals surface area contributed by atoms with Crippen molar-refractivity contribution in [2.75, 3.05) is 32.4 Å². The maximum absolute atomic E-state index is 4.71. The molecule has 2 aliphatic rings. The number of pyridine rings is 1. The summed E-state index contributed by atoms with van der Waals surface area (Å²) in [5.74, 6) is 2.81. The van der Waals surface area contributed by atoms with Crippen LogP contribution in [0.2, 0.25) is 0 Å². The number of rotatable bonds is 7. The molecular weight excluding hydrogens is 462 g/mol. The summed E-state index contributed by atoms with van der Waals surface area (Å²) in [5, 5.41) is 5.86. The molecule has 5 nitrogen and oxygen atoms in total. The van der Waals surface area contributed by atoms with Gasteiger partial charge in [0.1, 0.15) is 0 Å². The Morgan fingerprint density at radius 2 is 1.89 bits per heavy atom. The van der Waals surface area contributed by atoms with Crippen LogP contribution < -0.4 is 5.43 Å². The van der Waals surface area contributed by atoms with Crippen LogP contribution in [0.4, 0.5) is 0 Å². The lowest BCUT2D eigenvalue weighted by atomic mass is 9.72. The fourth-order valence-corrected chi connectivity index (χ4v) is 6.93. The normalized spacial score (nSPS) is 24.7. The van der Waals surface area contributed by atoms with E-state index in [2.05, 4.69) is 97.6 Å². The molecule has 0 aliphatic carbocycles. The highest BCUT2D eigenvalue weighted by atomic mass is 32.2. The lowest BCUT2D eigenvalue weighted by molar-refractivity contribution is 0.116. The Hall–Kier alpha value is -2.57. The van der Waals surface area contributed by atoms with Gasteiger partial charge in [-0.05, 0) is 62.6 Å². The molecule has 0 bridgehead atoms. The number of likely N-dealkylation sites (tertiary alicyclic amines) is 1. The third-order valence-corrected chi connectivity index (χ3v) is 8.92. The van der Waals surface area contributed by atoms with Crippen molar-refractivity contribution in [3.8, 4) is 0 Å².